The number of amides is 2. The van der Waals surface area contributed by atoms with Gasteiger partial charge in [-0.15, -0.1) is 0 Å². The molecule has 2 amide bonds. The van der Waals surface area contributed by atoms with E-state index in [0.29, 0.717) is 18.7 Å². The number of benzene rings is 1. The third kappa shape index (κ3) is 3.35. The van der Waals surface area contributed by atoms with Crippen LogP contribution in [0.4, 0.5) is 4.39 Å². The Morgan fingerprint density at radius 2 is 2.09 bits per heavy atom. The number of hydrogen-bond acceptors (Lipinski definition) is 4. The van der Waals surface area contributed by atoms with E-state index in [0.717, 1.165) is 11.5 Å². The van der Waals surface area contributed by atoms with Crippen LogP contribution in [-0.4, -0.2) is 66.0 Å². The van der Waals surface area contributed by atoms with E-state index in [2.05, 4.69) is 0 Å². The Bertz CT molecular complexity index is 607. The van der Waals surface area contributed by atoms with Crippen LogP contribution < -0.4 is 0 Å². The summed E-state index contributed by atoms with van der Waals surface area (Å²) in [6.07, 6.45) is -0.789. The van der Waals surface area contributed by atoms with E-state index >= 15 is 0 Å². The normalized spacial score (nSPS) is 25.6. The molecular weight excluding hydrogens is 319 g/mol. The second-order valence-corrected chi connectivity index (χ2v) is 6.90. The van der Waals surface area contributed by atoms with Gasteiger partial charge in [-0.2, -0.15) is 11.8 Å². The van der Waals surface area contributed by atoms with Crippen LogP contribution in [0.2, 0.25) is 0 Å². The van der Waals surface area contributed by atoms with Gasteiger partial charge in [-0.1, -0.05) is 12.1 Å². The average molecular weight is 338 g/mol. The highest BCUT2D eigenvalue weighted by molar-refractivity contribution is 7.99. The predicted octanol–water partition coefficient (Wildman–Crippen LogP) is 1.30. The predicted molar refractivity (Wildman–Crippen MR) is 85.6 cm³/mol. The molecule has 0 spiro atoms. The summed E-state index contributed by atoms with van der Waals surface area (Å²) in [5.41, 5.74) is 0.574. The molecule has 1 aromatic rings. The minimum Gasteiger partial charge on any atom is -0.356 e. The molecule has 23 heavy (non-hydrogen) atoms. The lowest BCUT2D eigenvalue weighted by molar-refractivity contribution is -0.167. The lowest BCUT2D eigenvalue weighted by Gasteiger charge is -2.40. The van der Waals surface area contributed by atoms with Crippen LogP contribution in [0, 0.1) is 5.82 Å². The van der Waals surface area contributed by atoms with E-state index in [4.69, 9.17) is 4.74 Å². The highest BCUT2D eigenvalue weighted by atomic mass is 32.2. The lowest BCUT2D eigenvalue weighted by Crippen LogP contribution is -2.55. The van der Waals surface area contributed by atoms with Crippen LogP contribution in [0.15, 0.2) is 24.3 Å². The Balaban J connectivity index is 1.89. The number of morpholine rings is 1. The maximum atomic E-state index is 13.6. The van der Waals surface area contributed by atoms with E-state index in [1.807, 2.05) is 11.8 Å². The molecule has 5 nitrogen and oxygen atoms in total. The Hall–Kier alpha value is -1.60. The lowest BCUT2D eigenvalue weighted by atomic mass is 9.97. The molecular formula is C16H19FN2O3S. The van der Waals surface area contributed by atoms with E-state index < -0.39 is 18.0 Å². The van der Waals surface area contributed by atoms with Crippen molar-refractivity contribution in [1.29, 1.82) is 0 Å². The van der Waals surface area contributed by atoms with Gasteiger partial charge >= 0.3 is 0 Å². The Morgan fingerprint density at radius 3 is 2.78 bits per heavy atom. The second-order valence-electron chi connectivity index (χ2n) is 5.67. The fourth-order valence-corrected chi connectivity index (χ4v) is 3.87. The SMILES string of the molecule is CN1C(=O)CO[C@H](C(=O)N2CCSCC2)[C@@H]1c1cccc(F)c1. The van der Waals surface area contributed by atoms with E-state index in [1.165, 1.54) is 17.0 Å². The summed E-state index contributed by atoms with van der Waals surface area (Å²) in [4.78, 5) is 28.1. The molecule has 0 radical (unpaired) electrons. The molecule has 0 unspecified atom stereocenters. The molecule has 0 saturated carbocycles. The Labute approximate surface area is 138 Å². The first kappa shape index (κ1) is 16.3. The van der Waals surface area contributed by atoms with Gasteiger partial charge in [0.1, 0.15) is 12.4 Å². The standard InChI is InChI=1S/C16H19FN2O3S/c1-18-13(20)10-22-15(16(21)19-5-7-23-8-6-19)14(18)11-3-2-4-12(17)9-11/h2-4,9,14-15H,5-8,10H2,1H3/t14-,15-/m0/s1. The number of ether oxygens (including phenoxy) is 1. The van der Waals surface area contributed by atoms with Crippen molar-refractivity contribution in [2.45, 2.75) is 12.1 Å². The van der Waals surface area contributed by atoms with Gasteiger partial charge < -0.3 is 14.5 Å². The highest BCUT2D eigenvalue weighted by Gasteiger charge is 2.42. The first-order valence-corrected chi connectivity index (χ1v) is 8.72. The monoisotopic (exact) mass is 338 g/mol. The second kappa shape index (κ2) is 6.88. The van der Waals surface area contributed by atoms with Gasteiger partial charge in [0, 0.05) is 31.6 Å². The number of thioether (sulfide) groups is 1. The Morgan fingerprint density at radius 1 is 1.35 bits per heavy atom. The third-order valence-corrected chi connectivity index (χ3v) is 5.18. The molecule has 2 aliphatic heterocycles. The number of halogens is 1. The van der Waals surface area contributed by atoms with Crippen molar-refractivity contribution >= 4 is 23.6 Å². The summed E-state index contributed by atoms with van der Waals surface area (Å²) in [6.45, 7) is 1.23. The third-order valence-electron chi connectivity index (χ3n) is 4.24. The summed E-state index contributed by atoms with van der Waals surface area (Å²) < 4.78 is 19.2. The minimum absolute atomic E-state index is 0.124. The molecule has 3 rings (SSSR count). The Kier molecular flexibility index (Phi) is 4.87. The molecule has 2 aliphatic rings. The van der Waals surface area contributed by atoms with E-state index in [1.54, 1.807) is 24.1 Å². The van der Waals surface area contributed by atoms with Crippen molar-refractivity contribution < 1.29 is 18.7 Å². The van der Waals surface area contributed by atoms with Crippen LogP contribution in [-0.2, 0) is 14.3 Å². The molecule has 124 valence electrons. The molecule has 1 aromatic carbocycles. The van der Waals surface area contributed by atoms with E-state index in [-0.39, 0.29) is 18.4 Å². The van der Waals surface area contributed by atoms with Gasteiger partial charge in [-0.3, -0.25) is 9.59 Å². The number of likely N-dealkylation sites (N-methyl/N-ethyl adjacent to an activating group) is 1. The summed E-state index contributed by atoms with van der Waals surface area (Å²) in [6, 6.07) is 5.40. The van der Waals surface area contributed by atoms with Crippen LogP contribution in [0.25, 0.3) is 0 Å². The van der Waals surface area contributed by atoms with Gasteiger partial charge in [0.2, 0.25) is 5.91 Å². The topological polar surface area (TPSA) is 49.9 Å². The molecule has 0 bridgehead atoms. The highest BCUT2D eigenvalue weighted by Crippen LogP contribution is 2.31. The van der Waals surface area contributed by atoms with Crippen molar-refractivity contribution in [1.82, 2.24) is 9.80 Å². The van der Waals surface area contributed by atoms with Crippen LogP contribution >= 0.6 is 11.8 Å². The number of carbonyl (C=O) groups excluding carboxylic acids is 2. The van der Waals surface area contributed by atoms with Gasteiger partial charge in [0.05, 0.1) is 6.04 Å². The molecule has 2 saturated heterocycles. The zero-order chi connectivity index (χ0) is 16.4. The maximum Gasteiger partial charge on any atom is 0.254 e. The maximum absolute atomic E-state index is 13.6. The fourth-order valence-electron chi connectivity index (χ4n) is 2.97. The zero-order valence-electron chi connectivity index (χ0n) is 12.9. The molecule has 0 aromatic heterocycles. The quantitative estimate of drug-likeness (QED) is 0.816. The summed E-state index contributed by atoms with van der Waals surface area (Å²) >= 11 is 1.81. The molecule has 2 heterocycles. The minimum atomic E-state index is -0.789. The summed E-state index contributed by atoms with van der Waals surface area (Å²) in [7, 11) is 1.63. The molecule has 0 aliphatic carbocycles. The van der Waals surface area contributed by atoms with Crippen molar-refractivity contribution in [3.63, 3.8) is 0 Å². The van der Waals surface area contributed by atoms with Gasteiger partial charge in [-0.25, -0.2) is 4.39 Å². The summed E-state index contributed by atoms with van der Waals surface area (Å²) in [5.74, 6) is 1.07. The molecule has 7 heteroatoms. The van der Waals surface area contributed by atoms with Crippen molar-refractivity contribution in [3.05, 3.63) is 35.6 Å². The molecule has 2 fully saturated rings. The van der Waals surface area contributed by atoms with E-state index in [9.17, 15) is 14.0 Å². The summed E-state index contributed by atoms with van der Waals surface area (Å²) in [5, 5.41) is 0. The smallest absolute Gasteiger partial charge is 0.254 e. The first-order valence-electron chi connectivity index (χ1n) is 7.57. The molecule has 0 N–H and O–H groups in total. The number of nitrogens with zero attached hydrogens (tertiary/aromatic N) is 2. The van der Waals surface area contributed by atoms with Crippen LogP contribution in [0.3, 0.4) is 0 Å². The van der Waals surface area contributed by atoms with Gasteiger partial charge in [0.25, 0.3) is 5.91 Å². The first-order chi connectivity index (χ1) is 11.1. The van der Waals surface area contributed by atoms with Crippen molar-refractivity contribution in [2.24, 2.45) is 0 Å². The largest absolute Gasteiger partial charge is 0.356 e. The van der Waals surface area contributed by atoms with Crippen molar-refractivity contribution in [2.75, 3.05) is 38.2 Å². The van der Waals surface area contributed by atoms with Gasteiger partial charge in [-0.05, 0) is 17.7 Å². The van der Waals surface area contributed by atoms with Crippen LogP contribution in [0.1, 0.15) is 11.6 Å². The zero-order valence-corrected chi connectivity index (χ0v) is 13.7. The van der Waals surface area contributed by atoms with Crippen molar-refractivity contribution in [3.8, 4) is 0 Å². The number of carbonyl (C=O) groups is 2. The average Bonchev–Trinajstić information content (AvgIpc) is 2.57. The molecule has 2 atom stereocenters. The number of rotatable bonds is 2. The fraction of sp³-hybridized carbons (Fsp3) is 0.500. The number of hydrogen-bond donors (Lipinski definition) is 0. The van der Waals surface area contributed by atoms with Crippen LogP contribution in [0.5, 0.6) is 0 Å². The van der Waals surface area contributed by atoms with Gasteiger partial charge in [0.15, 0.2) is 6.10 Å².